The van der Waals surface area contributed by atoms with Crippen molar-refractivity contribution < 1.29 is 9.47 Å². The van der Waals surface area contributed by atoms with Crippen LogP contribution >= 0.6 is 0 Å². The standard InChI is InChI=1S/C15H24N2O2/c1-17(2)8-10-19-15-5-3-14(4-6-15)16-11-13-7-9-18-12-13/h3-6,13,16H,7-12H2,1-2H3. The number of benzene rings is 1. The van der Waals surface area contributed by atoms with Crippen LogP contribution in [0.2, 0.25) is 0 Å². The lowest BCUT2D eigenvalue weighted by Crippen LogP contribution is -2.19. The number of hydrogen-bond acceptors (Lipinski definition) is 4. The number of nitrogens with one attached hydrogen (secondary N) is 1. The van der Waals surface area contributed by atoms with Crippen LogP contribution in [0.3, 0.4) is 0 Å². The first-order valence-electron chi connectivity index (χ1n) is 6.93. The molecule has 1 fully saturated rings. The highest BCUT2D eigenvalue weighted by Gasteiger charge is 2.14. The van der Waals surface area contributed by atoms with E-state index in [-0.39, 0.29) is 0 Å². The zero-order valence-corrected chi connectivity index (χ0v) is 11.9. The van der Waals surface area contributed by atoms with E-state index in [4.69, 9.17) is 9.47 Å². The van der Waals surface area contributed by atoms with Gasteiger partial charge in [0.05, 0.1) is 6.61 Å². The van der Waals surface area contributed by atoms with Crippen LogP contribution in [0.25, 0.3) is 0 Å². The Labute approximate surface area is 115 Å². The molecule has 1 aliphatic rings. The van der Waals surface area contributed by atoms with Crippen LogP contribution < -0.4 is 10.1 Å². The lowest BCUT2D eigenvalue weighted by Gasteiger charge is -2.13. The third kappa shape index (κ3) is 5.09. The van der Waals surface area contributed by atoms with Crippen LogP contribution in [0.1, 0.15) is 6.42 Å². The summed E-state index contributed by atoms with van der Waals surface area (Å²) >= 11 is 0. The second-order valence-electron chi connectivity index (χ2n) is 5.29. The van der Waals surface area contributed by atoms with Crippen molar-refractivity contribution in [3.05, 3.63) is 24.3 Å². The van der Waals surface area contributed by atoms with Gasteiger partial charge in [-0.05, 0) is 44.8 Å². The van der Waals surface area contributed by atoms with Gasteiger partial charge in [-0.3, -0.25) is 0 Å². The van der Waals surface area contributed by atoms with Gasteiger partial charge in [0.1, 0.15) is 12.4 Å². The third-order valence-electron chi connectivity index (χ3n) is 3.28. The first kappa shape index (κ1) is 14.2. The molecule has 1 atom stereocenters. The molecule has 1 unspecified atom stereocenters. The molecule has 0 aliphatic carbocycles. The van der Waals surface area contributed by atoms with Gasteiger partial charge >= 0.3 is 0 Å². The minimum absolute atomic E-state index is 0.649. The van der Waals surface area contributed by atoms with Crippen LogP contribution in [-0.2, 0) is 4.74 Å². The minimum Gasteiger partial charge on any atom is -0.492 e. The maximum Gasteiger partial charge on any atom is 0.119 e. The monoisotopic (exact) mass is 264 g/mol. The summed E-state index contributed by atoms with van der Waals surface area (Å²) in [6, 6.07) is 8.17. The fourth-order valence-corrected chi connectivity index (χ4v) is 2.02. The lowest BCUT2D eigenvalue weighted by atomic mass is 10.1. The number of anilines is 1. The Bertz CT molecular complexity index is 359. The van der Waals surface area contributed by atoms with Crippen molar-refractivity contribution in [2.75, 3.05) is 52.3 Å². The molecule has 2 rings (SSSR count). The zero-order valence-electron chi connectivity index (χ0n) is 11.9. The molecular formula is C15H24N2O2. The average molecular weight is 264 g/mol. The van der Waals surface area contributed by atoms with Crippen molar-refractivity contribution in [1.29, 1.82) is 0 Å². The quantitative estimate of drug-likeness (QED) is 0.817. The van der Waals surface area contributed by atoms with E-state index >= 15 is 0 Å². The molecule has 19 heavy (non-hydrogen) atoms. The molecule has 0 spiro atoms. The Morgan fingerprint density at radius 3 is 2.74 bits per heavy atom. The Morgan fingerprint density at radius 1 is 1.32 bits per heavy atom. The Morgan fingerprint density at radius 2 is 2.11 bits per heavy atom. The van der Waals surface area contributed by atoms with Gasteiger partial charge in [-0.25, -0.2) is 0 Å². The Kier molecular flexibility index (Phi) is 5.48. The molecule has 0 radical (unpaired) electrons. The molecule has 1 aliphatic heterocycles. The van der Waals surface area contributed by atoms with E-state index in [1.807, 2.05) is 26.2 Å². The molecule has 0 amide bonds. The first-order valence-corrected chi connectivity index (χ1v) is 6.93. The topological polar surface area (TPSA) is 33.7 Å². The maximum absolute atomic E-state index is 5.66. The summed E-state index contributed by atoms with van der Waals surface area (Å²) in [5.74, 6) is 1.58. The van der Waals surface area contributed by atoms with Crippen molar-refractivity contribution in [3.8, 4) is 5.75 Å². The lowest BCUT2D eigenvalue weighted by molar-refractivity contribution is 0.187. The minimum atomic E-state index is 0.649. The second-order valence-corrected chi connectivity index (χ2v) is 5.29. The molecule has 4 nitrogen and oxygen atoms in total. The molecule has 0 bridgehead atoms. The summed E-state index contributed by atoms with van der Waals surface area (Å²) in [6.45, 7) is 4.44. The normalized spacial score (nSPS) is 18.8. The van der Waals surface area contributed by atoms with Crippen LogP contribution in [-0.4, -0.2) is 51.9 Å². The molecule has 0 saturated carbocycles. The van der Waals surface area contributed by atoms with E-state index in [1.165, 1.54) is 6.42 Å². The Hall–Kier alpha value is -1.26. The van der Waals surface area contributed by atoms with E-state index in [1.54, 1.807) is 0 Å². The smallest absolute Gasteiger partial charge is 0.119 e. The van der Waals surface area contributed by atoms with Gasteiger partial charge in [-0.15, -0.1) is 0 Å². The van der Waals surface area contributed by atoms with Gasteiger partial charge in [0, 0.05) is 31.3 Å². The summed E-state index contributed by atoms with van der Waals surface area (Å²) in [7, 11) is 4.09. The Balaban J connectivity index is 1.71. The van der Waals surface area contributed by atoms with E-state index < -0.39 is 0 Å². The second kappa shape index (κ2) is 7.36. The highest BCUT2D eigenvalue weighted by molar-refractivity contribution is 5.46. The van der Waals surface area contributed by atoms with Crippen molar-refractivity contribution >= 4 is 5.69 Å². The summed E-state index contributed by atoms with van der Waals surface area (Å²) < 4.78 is 11.0. The van der Waals surface area contributed by atoms with E-state index in [0.29, 0.717) is 5.92 Å². The zero-order chi connectivity index (χ0) is 13.5. The highest BCUT2D eigenvalue weighted by Crippen LogP contribution is 2.18. The number of hydrogen-bond donors (Lipinski definition) is 1. The van der Waals surface area contributed by atoms with Gasteiger partial charge in [0.15, 0.2) is 0 Å². The van der Waals surface area contributed by atoms with E-state index in [9.17, 15) is 0 Å². The predicted molar refractivity (Wildman–Crippen MR) is 77.9 cm³/mol. The molecule has 1 aromatic rings. The van der Waals surface area contributed by atoms with Crippen molar-refractivity contribution in [2.24, 2.45) is 5.92 Å². The van der Waals surface area contributed by atoms with Gasteiger partial charge in [-0.2, -0.15) is 0 Å². The van der Waals surface area contributed by atoms with Gasteiger partial charge in [0.2, 0.25) is 0 Å². The van der Waals surface area contributed by atoms with Crippen LogP contribution in [0.15, 0.2) is 24.3 Å². The van der Waals surface area contributed by atoms with Crippen molar-refractivity contribution in [3.63, 3.8) is 0 Å². The third-order valence-corrected chi connectivity index (χ3v) is 3.28. The van der Waals surface area contributed by atoms with Gasteiger partial charge in [0.25, 0.3) is 0 Å². The SMILES string of the molecule is CN(C)CCOc1ccc(NCC2CCOC2)cc1. The van der Waals surface area contributed by atoms with Crippen LogP contribution in [0, 0.1) is 5.92 Å². The summed E-state index contributed by atoms with van der Waals surface area (Å²) in [5, 5.41) is 3.44. The van der Waals surface area contributed by atoms with Crippen LogP contribution in [0.5, 0.6) is 5.75 Å². The number of likely N-dealkylation sites (N-methyl/N-ethyl adjacent to an activating group) is 1. The number of nitrogens with zero attached hydrogens (tertiary/aromatic N) is 1. The fourth-order valence-electron chi connectivity index (χ4n) is 2.02. The molecule has 1 N–H and O–H groups in total. The largest absolute Gasteiger partial charge is 0.492 e. The highest BCUT2D eigenvalue weighted by atomic mass is 16.5. The molecule has 4 heteroatoms. The van der Waals surface area contributed by atoms with Gasteiger partial charge < -0.3 is 19.7 Å². The molecule has 0 aromatic heterocycles. The summed E-state index contributed by atoms with van der Waals surface area (Å²) in [6.07, 6.45) is 1.17. The van der Waals surface area contributed by atoms with Crippen LogP contribution in [0.4, 0.5) is 5.69 Å². The maximum atomic E-state index is 5.66. The summed E-state index contributed by atoms with van der Waals surface area (Å²) in [4.78, 5) is 2.11. The van der Waals surface area contributed by atoms with Crippen molar-refractivity contribution in [2.45, 2.75) is 6.42 Å². The summed E-state index contributed by atoms with van der Waals surface area (Å²) in [5.41, 5.74) is 1.15. The van der Waals surface area contributed by atoms with Crippen molar-refractivity contribution in [1.82, 2.24) is 4.90 Å². The molecular weight excluding hydrogens is 240 g/mol. The predicted octanol–water partition coefficient (Wildman–Crippen LogP) is 2.08. The molecule has 106 valence electrons. The number of rotatable bonds is 7. The van der Waals surface area contributed by atoms with E-state index in [0.717, 1.165) is 44.3 Å². The first-order chi connectivity index (χ1) is 9.24. The fraction of sp³-hybridized carbons (Fsp3) is 0.600. The van der Waals surface area contributed by atoms with E-state index in [2.05, 4.69) is 22.3 Å². The molecule has 1 heterocycles. The molecule has 1 saturated heterocycles. The average Bonchev–Trinajstić information content (AvgIpc) is 2.90. The molecule has 1 aromatic carbocycles. The van der Waals surface area contributed by atoms with Gasteiger partial charge in [-0.1, -0.05) is 0 Å². The number of ether oxygens (including phenoxy) is 2.